The van der Waals surface area contributed by atoms with E-state index in [-0.39, 0.29) is 0 Å². The van der Waals surface area contributed by atoms with Gasteiger partial charge in [-0.25, -0.2) is 4.79 Å². The van der Waals surface area contributed by atoms with E-state index in [0.717, 1.165) is 18.8 Å². The maximum Gasteiger partial charge on any atom is 0.330 e. The molecule has 1 atom stereocenters. The van der Waals surface area contributed by atoms with Crippen LogP contribution in [0.3, 0.4) is 0 Å². The van der Waals surface area contributed by atoms with Crippen LogP contribution < -0.4 is 0 Å². The van der Waals surface area contributed by atoms with Crippen LogP contribution in [0.1, 0.15) is 130 Å². The molecule has 0 saturated carbocycles. The summed E-state index contributed by atoms with van der Waals surface area (Å²) in [6.07, 6.45) is 24.8. The smallest absolute Gasteiger partial charge is 0.330 e. The predicted molar refractivity (Wildman–Crippen MR) is 115 cm³/mol. The van der Waals surface area contributed by atoms with Gasteiger partial charge in [-0.3, -0.25) is 0 Å². The van der Waals surface area contributed by atoms with Crippen LogP contribution >= 0.6 is 0 Å². The van der Waals surface area contributed by atoms with Crippen molar-refractivity contribution in [2.24, 2.45) is 5.92 Å². The molecular weight excluding hydrogens is 320 g/mol. The van der Waals surface area contributed by atoms with Gasteiger partial charge in [0.15, 0.2) is 0 Å². The summed E-state index contributed by atoms with van der Waals surface area (Å²) in [6.45, 7) is 6.26. The minimum Gasteiger partial charge on any atom is -0.478 e. The fraction of sp³-hybridized carbons (Fsp3) is 0.875. The zero-order chi connectivity index (χ0) is 19.5. The van der Waals surface area contributed by atoms with Gasteiger partial charge in [0.05, 0.1) is 0 Å². The first-order chi connectivity index (χ1) is 12.6. The first kappa shape index (κ1) is 25.2. The van der Waals surface area contributed by atoms with E-state index in [1.54, 1.807) is 6.92 Å². The monoisotopic (exact) mass is 366 g/mol. The summed E-state index contributed by atoms with van der Waals surface area (Å²) in [5.74, 6) is 0.0465. The number of carboxylic acid groups (broad SMARTS) is 1. The summed E-state index contributed by atoms with van der Waals surface area (Å²) in [5, 5.41) is 8.85. The number of carboxylic acids is 1. The SMILES string of the molecule is CCCCCCCCCCCCCCC(CC)CCCC=C(C)C(=O)O. The predicted octanol–water partition coefficient (Wildman–Crippen LogP) is 8.31. The minimum atomic E-state index is -0.784. The van der Waals surface area contributed by atoms with Crippen molar-refractivity contribution in [2.45, 2.75) is 130 Å². The lowest BCUT2D eigenvalue weighted by Crippen LogP contribution is -1.99. The summed E-state index contributed by atoms with van der Waals surface area (Å²) in [7, 11) is 0. The third-order valence-electron chi connectivity index (χ3n) is 5.65. The third kappa shape index (κ3) is 16.7. The van der Waals surface area contributed by atoms with Crippen LogP contribution in [0, 0.1) is 5.92 Å². The molecule has 1 N–H and O–H groups in total. The molecule has 0 heterocycles. The van der Waals surface area contributed by atoms with Crippen molar-refractivity contribution < 1.29 is 9.90 Å². The van der Waals surface area contributed by atoms with Gasteiger partial charge in [0.1, 0.15) is 0 Å². The molecule has 0 radical (unpaired) electrons. The molecule has 0 spiro atoms. The van der Waals surface area contributed by atoms with Crippen molar-refractivity contribution in [3.8, 4) is 0 Å². The summed E-state index contributed by atoms with van der Waals surface area (Å²) in [5.41, 5.74) is 0.485. The van der Waals surface area contributed by atoms with Crippen LogP contribution in [0.5, 0.6) is 0 Å². The largest absolute Gasteiger partial charge is 0.478 e. The Morgan fingerprint density at radius 3 is 1.69 bits per heavy atom. The lowest BCUT2D eigenvalue weighted by Gasteiger charge is -2.14. The minimum absolute atomic E-state index is 0.485. The lowest BCUT2D eigenvalue weighted by molar-refractivity contribution is -0.132. The van der Waals surface area contributed by atoms with Crippen molar-refractivity contribution >= 4 is 5.97 Å². The van der Waals surface area contributed by atoms with Crippen LogP contribution in [0.15, 0.2) is 11.6 Å². The Kier molecular flexibility index (Phi) is 18.4. The number of allylic oxidation sites excluding steroid dienone is 1. The number of aliphatic carboxylic acids is 1. The number of hydrogen-bond donors (Lipinski definition) is 1. The molecule has 0 fully saturated rings. The topological polar surface area (TPSA) is 37.3 Å². The summed E-state index contributed by atoms with van der Waals surface area (Å²) in [4.78, 5) is 10.8. The number of rotatable bonds is 19. The molecular formula is C24H46O2. The highest BCUT2D eigenvalue weighted by Crippen LogP contribution is 2.21. The molecule has 0 aromatic carbocycles. The molecule has 0 rings (SSSR count). The van der Waals surface area contributed by atoms with Gasteiger partial charge < -0.3 is 5.11 Å². The number of unbranched alkanes of at least 4 members (excludes halogenated alkanes) is 12. The number of carbonyl (C=O) groups is 1. The molecule has 2 nitrogen and oxygen atoms in total. The highest BCUT2D eigenvalue weighted by Gasteiger charge is 2.06. The van der Waals surface area contributed by atoms with E-state index in [9.17, 15) is 4.79 Å². The van der Waals surface area contributed by atoms with E-state index in [2.05, 4.69) is 13.8 Å². The van der Waals surface area contributed by atoms with E-state index in [1.807, 2.05) is 6.08 Å². The Hall–Kier alpha value is -0.790. The fourth-order valence-electron chi connectivity index (χ4n) is 3.64. The lowest BCUT2D eigenvalue weighted by atomic mass is 9.92. The van der Waals surface area contributed by atoms with Crippen molar-refractivity contribution in [1.82, 2.24) is 0 Å². The molecule has 0 aromatic heterocycles. The normalized spacial score (nSPS) is 13.1. The van der Waals surface area contributed by atoms with E-state index in [1.165, 1.54) is 96.3 Å². The fourth-order valence-corrected chi connectivity index (χ4v) is 3.64. The first-order valence-corrected chi connectivity index (χ1v) is 11.5. The van der Waals surface area contributed by atoms with Gasteiger partial charge >= 0.3 is 5.97 Å². The Morgan fingerprint density at radius 1 is 0.769 bits per heavy atom. The molecule has 1 unspecified atom stereocenters. The van der Waals surface area contributed by atoms with Crippen LogP contribution in [0.2, 0.25) is 0 Å². The Morgan fingerprint density at radius 2 is 1.23 bits per heavy atom. The van der Waals surface area contributed by atoms with Crippen molar-refractivity contribution in [1.29, 1.82) is 0 Å². The van der Waals surface area contributed by atoms with Crippen LogP contribution in [-0.2, 0) is 4.79 Å². The van der Waals surface area contributed by atoms with Crippen molar-refractivity contribution in [3.63, 3.8) is 0 Å². The summed E-state index contributed by atoms with van der Waals surface area (Å²) < 4.78 is 0. The molecule has 0 aliphatic heterocycles. The van der Waals surface area contributed by atoms with Crippen LogP contribution in [0.25, 0.3) is 0 Å². The Bertz CT molecular complexity index is 346. The van der Waals surface area contributed by atoms with Gasteiger partial charge in [0.25, 0.3) is 0 Å². The van der Waals surface area contributed by atoms with E-state index >= 15 is 0 Å². The molecule has 0 bridgehead atoms. The highest BCUT2D eigenvalue weighted by atomic mass is 16.4. The molecule has 0 amide bonds. The van der Waals surface area contributed by atoms with Crippen molar-refractivity contribution in [3.05, 3.63) is 11.6 Å². The van der Waals surface area contributed by atoms with Gasteiger partial charge in [-0.05, 0) is 25.7 Å². The molecule has 0 aliphatic rings. The van der Waals surface area contributed by atoms with E-state index < -0.39 is 5.97 Å². The summed E-state index contributed by atoms with van der Waals surface area (Å²) >= 11 is 0. The Balaban J connectivity index is 3.43. The molecule has 0 saturated heterocycles. The van der Waals surface area contributed by atoms with E-state index in [0.29, 0.717) is 5.57 Å². The number of hydrogen-bond acceptors (Lipinski definition) is 1. The van der Waals surface area contributed by atoms with Crippen molar-refractivity contribution in [2.75, 3.05) is 0 Å². The molecule has 2 heteroatoms. The molecule has 26 heavy (non-hydrogen) atoms. The first-order valence-electron chi connectivity index (χ1n) is 11.5. The highest BCUT2D eigenvalue weighted by molar-refractivity contribution is 5.85. The van der Waals surface area contributed by atoms with Crippen LogP contribution in [0.4, 0.5) is 0 Å². The average Bonchev–Trinajstić information content (AvgIpc) is 2.63. The quantitative estimate of drug-likeness (QED) is 0.184. The van der Waals surface area contributed by atoms with Gasteiger partial charge in [-0.2, -0.15) is 0 Å². The summed E-state index contributed by atoms with van der Waals surface area (Å²) in [6, 6.07) is 0. The maximum absolute atomic E-state index is 10.8. The molecule has 0 aliphatic carbocycles. The third-order valence-corrected chi connectivity index (χ3v) is 5.65. The average molecular weight is 367 g/mol. The zero-order valence-corrected chi connectivity index (χ0v) is 18.0. The van der Waals surface area contributed by atoms with Crippen LogP contribution in [-0.4, -0.2) is 11.1 Å². The van der Waals surface area contributed by atoms with Gasteiger partial charge in [0.2, 0.25) is 0 Å². The second kappa shape index (κ2) is 19.0. The second-order valence-electron chi connectivity index (χ2n) is 8.08. The molecule has 154 valence electrons. The Labute approximate surface area is 163 Å². The van der Waals surface area contributed by atoms with E-state index in [4.69, 9.17) is 5.11 Å². The van der Waals surface area contributed by atoms with Gasteiger partial charge in [0, 0.05) is 5.57 Å². The van der Waals surface area contributed by atoms with Gasteiger partial charge in [-0.1, -0.05) is 116 Å². The zero-order valence-electron chi connectivity index (χ0n) is 18.0. The maximum atomic E-state index is 10.8. The molecule has 0 aromatic rings. The second-order valence-corrected chi connectivity index (χ2v) is 8.08. The van der Waals surface area contributed by atoms with Gasteiger partial charge in [-0.15, -0.1) is 0 Å². The standard InChI is InChI=1S/C24H46O2/c1-4-6-7-8-9-10-11-12-13-14-15-16-20-23(5-2)21-18-17-19-22(3)24(25)26/h19,23H,4-18,20-21H2,1-3H3,(H,25,26).